The lowest BCUT2D eigenvalue weighted by molar-refractivity contribution is 0.336. The predicted octanol–water partition coefficient (Wildman–Crippen LogP) is 3.12. The molecule has 0 atom stereocenters. The molecule has 2 N–H and O–H groups in total. The third-order valence-corrected chi connectivity index (χ3v) is 4.02. The average Bonchev–Trinajstić information content (AvgIpc) is 2.41. The highest BCUT2D eigenvalue weighted by Crippen LogP contribution is 2.32. The maximum Gasteiger partial charge on any atom is 0.0231 e. The van der Waals surface area contributed by atoms with Crippen molar-refractivity contribution >= 4 is 0 Å². The van der Waals surface area contributed by atoms with Crippen LogP contribution in [-0.4, -0.2) is 25.0 Å². The molecule has 0 amide bonds. The van der Waals surface area contributed by atoms with Gasteiger partial charge < -0.3 is 10.6 Å². The van der Waals surface area contributed by atoms with Gasteiger partial charge in [-0.2, -0.15) is 0 Å². The number of nitrogens with zero attached hydrogens (tertiary/aromatic N) is 1. The van der Waals surface area contributed by atoms with Crippen molar-refractivity contribution in [2.45, 2.75) is 44.6 Å². The van der Waals surface area contributed by atoms with Gasteiger partial charge in [-0.15, -0.1) is 0 Å². The summed E-state index contributed by atoms with van der Waals surface area (Å²) in [6, 6.07) is 9.25. The zero-order valence-corrected chi connectivity index (χ0v) is 11.6. The standard InChI is InChI=1S/C16H26N2/c1-18(12-11-17)13-14-7-9-16(10-8-14)15-5-3-2-4-6-15/h7-10,15H,2-6,11-13,17H2,1H3. The second-order valence-electron chi connectivity index (χ2n) is 5.60. The SMILES string of the molecule is CN(CCN)Cc1ccc(C2CCCCC2)cc1. The van der Waals surface area contributed by atoms with E-state index in [-0.39, 0.29) is 0 Å². The molecule has 0 unspecified atom stereocenters. The van der Waals surface area contributed by atoms with E-state index in [2.05, 4.69) is 36.2 Å². The number of benzene rings is 1. The summed E-state index contributed by atoms with van der Waals surface area (Å²) < 4.78 is 0. The Balaban J connectivity index is 1.92. The molecule has 1 saturated carbocycles. The van der Waals surface area contributed by atoms with Crippen LogP contribution in [0.15, 0.2) is 24.3 Å². The molecule has 2 heteroatoms. The largest absolute Gasteiger partial charge is 0.329 e. The van der Waals surface area contributed by atoms with Crippen molar-refractivity contribution in [3.63, 3.8) is 0 Å². The number of nitrogens with two attached hydrogens (primary N) is 1. The van der Waals surface area contributed by atoms with Gasteiger partial charge in [-0.1, -0.05) is 43.5 Å². The van der Waals surface area contributed by atoms with Gasteiger partial charge in [0.2, 0.25) is 0 Å². The Bertz CT molecular complexity index is 339. The van der Waals surface area contributed by atoms with Crippen molar-refractivity contribution in [2.24, 2.45) is 5.73 Å². The average molecular weight is 246 g/mol. The molecule has 0 heterocycles. The Morgan fingerprint density at radius 3 is 2.39 bits per heavy atom. The second-order valence-corrected chi connectivity index (χ2v) is 5.60. The van der Waals surface area contributed by atoms with Gasteiger partial charge in [-0.25, -0.2) is 0 Å². The highest BCUT2D eigenvalue weighted by molar-refractivity contribution is 5.25. The van der Waals surface area contributed by atoms with Crippen LogP contribution >= 0.6 is 0 Å². The summed E-state index contributed by atoms with van der Waals surface area (Å²) in [5.41, 5.74) is 8.50. The highest BCUT2D eigenvalue weighted by Gasteiger charge is 2.15. The minimum absolute atomic E-state index is 0.733. The van der Waals surface area contributed by atoms with Crippen molar-refractivity contribution in [1.29, 1.82) is 0 Å². The molecular weight excluding hydrogens is 220 g/mol. The predicted molar refractivity (Wildman–Crippen MR) is 77.7 cm³/mol. The number of likely N-dealkylation sites (N-methyl/N-ethyl adjacent to an activating group) is 1. The Morgan fingerprint density at radius 2 is 1.78 bits per heavy atom. The lowest BCUT2D eigenvalue weighted by Gasteiger charge is -2.22. The second kappa shape index (κ2) is 6.91. The molecule has 0 aromatic heterocycles. The topological polar surface area (TPSA) is 29.3 Å². The van der Waals surface area contributed by atoms with Gasteiger partial charge in [-0.3, -0.25) is 0 Å². The summed E-state index contributed by atoms with van der Waals surface area (Å²) in [4.78, 5) is 2.27. The fraction of sp³-hybridized carbons (Fsp3) is 0.625. The van der Waals surface area contributed by atoms with Crippen LogP contribution in [-0.2, 0) is 6.54 Å². The summed E-state index contributed by atoms with van der Waals surface area (Å²) in [7, 11) is 2.13. The smallest absolute Gasteiger partial charge is 0.0231 e. The van der Waals surface area contributed by atoms with E-state index in [1.807, 2.05) is 0 Å². The molecule has 0 aliphatic heterocycles. The molecule has 1 aliphatic carbocycles. The van der Waals surface area contributed by atoms with E-state index in [9.17, 15) is 0 Å². The summed E-state index contributed by atoms with van der Waals surface area (Å²) in [5, 5.41) is 0. The molecule has 100 valence electrons. The van der Waals surface area contributed by atoms with Gasteiger partial charge in [0.25, 0.3) is 0 Å². The normalized spacial score (nSPS) is 17.3. The van der Waals surface area contributed by atoms with Crippen LogP contribution < -0.4 is 5.73 Å². The van der Waals surface area contributed by atoms with Crippen LogP contribution in [0.3, 0.4) is 0 Å². The van der Waals surface area contributed by atoms with Gasteiger partial charge in [0.1, 0.15) is 0 Å². The summed E-state index contributed by atoms with van der Waals surface area (Å²) in [5.74, 6) is 0.814. The first-order valence-electron chi connectivity index (χ1n) is 7.27. The van der Waals surface area contributed by atoms with Crippen molar-refractivity contribution in [2.75, 3.05) is 20.1 Å². The Labute approximate surface area is 111 Å². The fourth-order valence-corrected chi connectivity index (χ4v) is 2.94. The maximum absolute atomic E-state index is 5.56. The molecule has 1 aromatic rings. The number of rotatable bonds is 5. The van der Waals surface area contributed by atoms with Crippen LogP contribution in [0.4, 0.5) is 0 Å². The molecule has 0 radical (unpaired) electrons. The minimum Gasteiger partial charge on any atom is -0.329 e. The Kier molecular flexibility index (Phi) is 5.21. The first kappa shape index (κ1) is 13.6. The summed E-state index contributed by atoms with van der Waals surface area (Å²) in [6.07, 6.45) is 7.01. The lowest BCUT2D eigenvalue weighted by atomic mass is 9.84. The van der Waals surface area contributed by atoms with Crippen LogP contribution in [0.2, 0.25) is 0 Å². The van der Waals surface area contributed by atoms with E-state index in [0.29, 0.717) is 0 Å². The molecule has 2 nitrogen and oxygen atoms in total. The van der Waals surface area contributed by atoms with Gasteiger partial charge in [-0.05, 0) is 36.9 Å². The van der Waals surface area contributed by atoms with Crippen LogP contribution in [0.25, 0.3) is 0 Å². The van der Waals surface area contributed by atoms with Crippen LogP contribution in [0.5, 0.6) is 0 Å². The molecule has 0 spiro atoms. The number of hydrogen-bond donors (Lipinski definition) is 1. The Hall–Kier alpha value is -0.860. The third-order valence-electron chi connectivity index (χ3n) is 4.02. The molecule has 0 bridgehead atoms. The van der Waals surface area contributed by atoms with Crippen molar-refractivity contribution in [3.8, 4) is 0 Å². The molecule has 18 heavy (non-hydrogen) atoms. The zero-order chi connectivity index (χ0) is 12.8. The third kappa shape index (κ3) is 3.82. The quantitative estimate of drug-likeness (QED) is 0.865. The molecular formula is C16H26N2. The minimum atomic E-state index is 0.733. The highest BCUT2D eigenvalue weighted by atomic mass is 15.1. The Morgan fingerprint density at radius 1 is 1.11 bits per heavy atom. The monoisotopic (exact) mass is 246 g/mol. The van der Waals surface area contributed by atoms with Gasteiger partial charge >= 0.3 is 0 Å². The van der Waals surface area contributed by atoms with Crippen LogP contribution in [0, 0.1) is 0 Å². The van der Waals surface area contributed by atoms with E-state index >= 15 is 0 Å². The fourth-order valence-electron chi connectivity index (χ4n) is 2.94. The van der Waals surface area contributed by atoms with E-state index < -0.39 is 0 Å². The van der Waals surface area contributed by atoms with Crippen molar-refractivity contribution < 1.29 is 0 Å². The lowest BCUT2D eigenvalue weighted by Crippen LogP contribution is -2.24. The van der Waals surface area contributed by atoms with Crippen molar-refractivity contribution in [1.82, 2.24) is 4.90 Å². The first-order valence-corrected chi connectivity index (χ1v) is 7.27. The molecule has 0 saturated heterocycles. The van der Waals surface area contributed by atoms with Gasteiger partial charge in [0.05, 0.1) is 0 Å². The number of hydrogen-bond acceptors (Lipinski definition) is 2. The molecule has 1 aliphatic rings. The first-order chi connectivity index (χ1) is 8.79. The molecule has 2 rings (SSSR count). The zero-order valence-electron chi connectivity index (χ0n) is 11.6. The van der Waals surface area contributed by atoms with Crippen molar-refractivity contribution in [3.05, 3.63) is 35.4 Å². The van der Waals surface area contributed by atoms with Gasteiger partial charge in [0.15, 0.2) is 0 Å². The van der Waals surface area contributed by atoms with E-state index in [1.54, 1.807) is 5.56 Å². The summed E-state index contributed by atoms with van der Waals surface area (Å²) in [6.45, 7) is 2.70. The molecule has 1 aromatic carbocycles. The summed E-state index contributed by atoms with van der Waals surface area (Å²) >= 11 is 0. The van der Waals surface area contributed by atoms with Crippen LogP contribution in [0.1, 0.15) is 49.1 Å². The van der Waals surface area contributed by atoms with Gasteiger partial charge in [0, 0.05) is 19.6 Å². The van der Waals surface area contributed by atoms with E-state index in [0.717, 1.165) is 25.6 Å². The van der Waals surface area contributed by atoms with E-state index in [4.69, 9.17) is 5.73 Å². The maximum atomic E-state index is 5.56. The van der Waals surface area contributed by atoms with E-state index in [1.165, 1.54) is 37.7 Å². The molecule has 1 fully saturated rings.